The van der Waals surface area contributed by atoms with Crippen LogP contribution in [0.25, 0.3) is 0 Å². The Kier molecular flexibility index (Phi) is 15.5. The van der Waals surface area contributed by atoms with Crippen LogP contribution in [0.2, 0.25) is 25.8 Å². The Morgan fingerprint density at radius 2 is 0.800 bits per heavy atom. The van der Waals surface area contributed by atoms with Gasteiger partial charge in [-0.25, -0.2) is 0 Å². The van der Waals surface area contributed by atoms with Crippen molar-refractivity contribution in [2.24, 2.45) is 0 Å². The SMILES string of the molecule is C[B-](CCCCCCl)(CCCCCCl)CCCCCCl. The Morgan fingerprint density at radius 3 is 1.05 bits per heavy atom. The molecule has 0 aliphatic heterocycles. The van der Waals surface area contributed by atoms with E-state index in [1.54, 1.807) is 0 Å². The van der Waals surface area contributed by atoms with Gasteiger partial charge in [-0.2, -0.15) is 25.8 Å². The predicted octanol–water partition coefficient (Wildman–Crippen LogP) is 7.29. The number of rotatable bonds is 15. The largest absolute Gasteiger partial charge is 0.190 e. The van der Waals surface area contributed by atoms with Crippen LogP contribution in [0.15, 0.2) is 0 Å². The molecule has 0 fully saturated rings. The second-order valence-corrected chi connectivity index (χ2v) is 7.84. The van der Waals surface area contributed by atoms with Gasteiger partial charge in [0.05, 0.1) is 0 Å². The Balaban J connectivity index is 3.98. The van der Waals surface area contributed by atoms with Crippen molar-refractivity contribution in [2.75, 3.05) is 17.6 Å². The highest BCUT2D eigenvalue weighted by molar-refractivity contribution is 6.78. The fourth-order valence-corrected chi connectivity index (χ4v) is 3.73. The highest BCUT2D eigenvalue weighted by atomic mass is 35.5. The summed E-state index contributed by atoms with van der Waals surface area (Å²) in [5.41, 5.74) is 0. The highest BCUT2D eigenvalue weighted by Crippen LogP contribution is 2.29. The zero-order chi connectivity index (χ0) is 15.1. The maximum atomic E-state index is 5.77. The van der Waals surface area contributed by atoms with Crippen molar-refractivity contribution in [2.45, 2.75) is 83.6 Å². The Labute approximate surface area is 142 Å². The van der Waals surface area contributed by atoms with E-state index < -0.39 is 0 Å². The quantitative estimate of drug-likeness (QED) is 0.166. The first kappa shape index (κ1) is 20.9. The van der Waals surface area contributed by atoms with Gasteiger partial charge in [0.25, 0.3) is 0 Å². The van der Waals surface area contributed by atoms with Crippen molar-refractivity contribution in [1.29, 1.82) is 0 Å². The summed E-state index contributed by atoms with van der Waals surface area (Å²) in [7, 11) is 0. The highest BCUT2D eigenvalue weighted by Gasteiger charge is 2.17. The number of halogens is 3. The molecule has 0 aromatic heterocycles. The first-order valence-corrected chi connectivity index (χ1v) is 10.2. The van der Waals surface area contributed by atoms with Crippen LogP contribution < -0.4 is 0 Å². The minimum Gasteiger partial charge on any atom is -0.190 e. The number of hydrogen-bond donors (Lipinski definition) is 0. The molecule has 122 valence electrons. The van der Waals surface area contributed by atoms with Gasteiger partial charge in [-0.05, 0) is 25.4 Å². The topological polar surface area (TPSA) is 0 Å². The maximum absolute atomic E-state index is 5.77. The third kappa shape index (κ3) is 12.7. The molecule has 0 aliphatic rings. The summed E-state index contributed by atoms with van der Waals surface area (Å²) in [6.07, 6.45) is 15.5. The molecule has 0 bridgehead atoms. The predicted molar refractivity (Wildman–Crippen MR) is 99.8 cm³/mol. The van der Waals surface area contributed by atoms with Gasteiger partial charge in [-0.15, -0.1) is 34.8 Å². The molecule has 0 amide bonds. The minimum absolute atomic E-state index is 0.178. The van der Waals surface area contributed by atoms with Gasteiger partial charge in [-0.1, -0.05) is 38.5 Å². The van der Waals surface area contributed by atoms with Gasteiger partial charge in [0, 0.05) is 17.6 Å². The first-order chi connectivity index (χ1) is 9.68. The van der Waals surface area contributed by atoms with Crippen molar-refractivity contribution in [1.82, 2.24) is 0 Å². The number of hydrogen-bond acceptors (Lipinski definition) is 0. The fraction of sp³-hybridized carbons (Fsp3) is 1.00. The van der Waals surface area contributed by atoms with Crippen LogP contribution in [0.3, 0.4) is 0 Å². The van der Waals surface area contributed by atoms with Gasteiger partial charge < -0.3 is 0 Å². The summed E-state index contributed by atoms with van der Waals surface area (Å²) in [5.74, 6) is 2.44. The molecule has 0 nitrogen and oxygen atoms in total. The smallest absolute Gasteiger partial charge is 0.0223 e. The lowest BCUT2D eigenvalue weighted by molar-refractivity contribution is 0.720. The molecule has 0 atom stereocenters. The van der Waals surface area contributed by atoms with Gasteiger partial charge in [0.2, 0.25) is 0 Å². The zero-order valence-electron chi connectivity index (χ0n) is 13.3. The molecule has 0 heterocycles. The van der Waals surface area contributed by atoms with E-state index in [2.05, 4.69) is 6.82 Å². The standard InChI is InChI=1S/C16H33BCl3/c1-17(11-5-2-8-14-18,12-6-3-9-15-19)13-7-4-10-16-20/h2-16H2,1H3/q-1. The summed E-state index contributed by atoms with van der Waals surface area (Å²) in [5, 5.41) is 0. The molecule has 0 spiro atoms. The van der Waals surface area contributed by atoms with E-state index in [1.807, 2.05) is 0 Å². The Hall–Kier alpha value is 0.935. The third-order valence-electron chi connectivity index (χ3n) is 4.60. The molecule has 0 radical (unpaired) electrons. The molecule has 0 unspecified atom stereocenters. The van der Waals surface area contributed by atoms with Crippen molar-refractivity contribution in [3.8, 4) is 0 Å². The molecule has 0 rings (SSSR count). The number of alkyl halides is 3. The summed E-state index contributed by atoms with van der Waals surface area (Å²) in [6, 6.07) is 0. The van der Waals surface area contributed by atoms with Crippen LogP contribution in [0, 0.1) is 0 Å². The van der Waals surface area contributed by atoms with Crippen molar-refractivity contribution < 1.29 is 0 Å². The molecule has 0 saturated heterocycles. The molecule has 0 aromatic carbocycles. The third-order valence-corrected chi connectivity index (χ3v) is 5.41. The molecular formula is C16H33BCl3-. The molecular weight excluding hydrogens is 309 g/mol. The van der Waals surface area contributed by atoms with E-state index in [1.165, 1.54) is 76.7 Å². The van der Waals surface area contributed by atoms with E-state index in [0.29, 0.717) is 0 Å². The van der Waals surface area contributed by atoms with Crippen LogP contribution in [0.4, 0.5) is 0 Å². The maximum Gasteiger partial charge on any atom is 0.0223 e. The molecule has 0 saturated carbocycles. The second kappa shape index (κ2) is 14.9. The summed E-state index contributed by atoms with van der Waals surface area (Å²) < 4.78 is 0. The van der Waals surface area contributed by atoms with E-state index in [-0.39, 0.29) is 6.15 Å². The van der Waals surface area contributed by atoms with E-state index in [9.17, 15) is 0 Å². The van der Waals surface area contributed by atoms with Gasteiger partial charge >= 0.3 is 0 Å². The van der Waals surface area contributed by atoms with Crippen molar-refractivity contribution in [3.05, 3.63) is 0 Å². The lowest BCUT2D eigenvalue weighted by Gasteiger charge is -2.35. The van der Waals surface area contributed by atoms with Crippen LogP contribution in [-0.2, 0) is 0 Å². The zero-order valence-corrected chi connectivity index (χ0v) is 15.6. The average molecular weight is 343 g/mol. The Morgan fingerprint density at radius 1 is 0.500 bits per heavy atom. The molecule has 0 aromatic rings. The van der Waals surface area contributed by atoms with Crippen molar-refractivity contribution >= 4 is 40.9 Å². The second-order valence-electron chi connectivity index (χ2n) is 6.71. The van der Waals surface area contributed by atoms with Gasteiger partial charge in [0.1, 0.15) is 0 Å². The van der Waals surface area contributed by atoms with Gasteiger partial charge in [0.15, 0.2) is 0 Å². The van der Waals surface area contributed by atoms with Crippen LogP contribution >= 0.6 is 34.8 Å². The van der Waals surface area contributed by atoms with E-state index in [4.69, 9.17) is 34.8 Å². The van der Waals surface area contributed by atoms with E-state index in [0.717, 1.165) is 17.6 Å². The minimum atomic E-state index is -0.178. The average Bonchev–Trinajstić information content (AvgIpc) is 2.45. The monoisotopic (exact) mass is 341 g/mol. The lowest BCUT2D eigenvalue weighted by Crippen LogP contribution is -2.29. The van der Waals surface area contributed by atoms with Gasteiger partial charge in [-0.3, -0.25) is 0 Å². The summed E-state index contributed by atoms with van der Waals surface area (Å²) >= 11 is 17.3. The fourth-order valence-electron chi connectivity index (χ4n) is 3.16. The Bertz CT molecular complexity index is 169. The molecule has 0 N–H and O–H groups in total. The molecule has 4 heteroatoms. The van der Waals surface area contributed by atoms with Crippen molar-refractivity contribution in [3.63, 3.8) is 0 Å². The van der Waals surface area contributed by atoms with E-state index >= 15 is 0 Å². The van der Waals surface area contributed by atoms with Crippen LogP contribution in [0.1, 0.15) is 57.8 Å². The van der Waals surface area contributed by atoms with Crippen LogP contribution in [0.5, 0.6) is 0 Å². The molecule has 20 heavy (non-hydrogen) atoms. The number of unbranched alkanes of at least 4 members (excludes halogenated alkanes) is 6. The van der Waals surface area contributed by atoms with Crippen LogP contribution in [-0.4, -0.2) is 23.8 Å². The lowest BCUT2D eigenvalue weighted by atomic mass is 9.20. The normalized spacial score (nSPS) is 12.0. The first-order valence-electron chi connectivity index (χ1n) is 8.60. The molecule has 0 aliphatic carbocycles. The summed E-state index contributed by atoms with van der Waals surface area (Å²) in [4.78, 5) is 0. The summed E-state index contributed by atoms with van der Waals surface area (Å²) in [6.45, 7) is 2.54.